The van der Waals surface area contributed by atoms with E-state index in [1.807, 2.05) is 0 Å². The highest BCUT2D eigenvalue weighted by Crippen LogP contribution is 2.34. The van der Waals surface area contributed by atoms with Crippen LogP contribution in [-0.4, -0.2) is 10.1 Å². The first-order chi connectivity index (χ1) is 9.78. The molecule has 3 rings (SSSR count). The highest BCUT2D eigenvalue weighted by Gasteiger charge is 2.19. The van der Waals surface area contributed by atoms with Crippen LogP contribution < -0.4 is 5.73 Å². The molecular formula is C15H21N3OS. The Morgan fingerprint density at radius 3 is 3.05 bits per heavy atom. The number of hydrogen-bond acceptors (Lipinski definition) is 5. The van der Waals surface area contributed by atoms with Crippen molar-refractivity contribution in [3.63, 3.8) is 0 Å². The van der Waals surface area contributed by atoms with E-state index in [0.29, 0.717) is 11.7 Å². The monoisotopic (exact) mass is 291 g/mol. The van der Waals surface area contributed by atoms with Crippen LogP contribution in [0.1, 0.15) is 61.3 Å². The van der Waals surface area contributed by atoms with E-state index < -0.39 is 0 Å². The molecule has 2 N–H and O–H groups in total. The molecule has 1 aliphatic rings. The number of aromatic nitrogens is 2. The fourth-order valence-corrected chi connectivity index (χ4v) is 3.87. The van der Waals surface area contributed by atoms with E-state index >= 15 is 0 Å². The predicted molar refractivity (Wildman–Crippen MR) is 80.7 cm³/mol. The Labute approximate surface area is 123 Å². The number of nitrogens with zero attached hydrogens (tertiary/aromatic N) is 2. The van der Waals surface area contributed by atoms with E-state index in [9.17, 15) is 0 Å². The van der Waals surface area contributed by atoms with Crippen molar-refractivity contribution in [2.24, 2.45) is 5.73 Å². The van der Waals surface area contributed by atoms with Crippen molar-refractivity contribution >= 4 is 11.3 Å². The smallest absolute Gasteiger partial charge is 0.268 e. The average molecular weight is 291 g/mol. The topological polar surface area (TPSA) is 64.9 Å². The Kier molecular flexibility index (Phi) is 4.17. The van der Waals surface area contributed by atoms with Crippen molar-refractivity contribution in [3.05, 3.63) is 22.3 Å². The van der Waals surface area contributed by atoms with Gasteiger partial charge in [0.25, 0.3) is 5.89 Å². The van der Waals surface area contributed by atoms with Crippen LogP contribution in [0.3, 0.4) is 0 Å². The molecule has 0 saturated heterocycles. The molecule has 0 aliphatic heterocycles. The lowest BCUT2D eigenvalue weighted by Gasteiger charge is -2.02. The van der Waals surface area contributed by atoms with Crippen LogP contribution in [0.5, 0.6) is 0 Å². The molecule has 20 heavy (non-hydrogen) atoms. The summed E-state index contributed by atoms with van der Waals surface area (Å²) in [6.45, 7) is 2.11. The maximum atomic E-state index is 6.03. The molecule has 1 atom stereocenters. The second-order valence-corrected chi connectivity index (χ2v) is 6.61. The standard InChI is InChI=1S/C15H21N3OS/c1-2-6-11(16)14-17-15(19-18-14)13-9-10-7-4-3-5-8-12(10)20-13/h9,11H,2-8,16H2,1H3. The normalized spacial score (nSPS) is 16.7. The largest absolute Gasteiger partial charge is 0.333 e. The van der Waals surface area contributed by atoms with E-state index in [-0.39, 0.29) is 6.04 Å². The summed E-state index contributed by atoms with van der Waals surface area (Å²) in [5.41, 5.74) is 7.51. The van der Waals surface area contributed by atoms with Crippen molar-refractivity contribution in [1.29, 1.82) is 0 Å². The van der Waals surface area contributed by atoms with Crippen molar-refractivity contribution in [2.45, 2.75) is 57.9 Å². The summed E-state index contributed by atoms with van der Waals surface area (Å²) in [6.07, 6.45) is 8.22. The molecule has 2 aromatic heterocycles. The van der Waals surface area contributed by atoms with Gasteiger partial charge in [-0.05, 0) is 43.7 Å². The summed E-state index contributed by atoms with van der Waals surface area (Å²) in [6, 6.07) is 2.11. The minimum Gasteiger partial charge on any atom is -0.333 e. The van der Waals surface area contributed by atoms with Gasteiger partial charge in [-0.25, -0.2) is 0 Å². The van der Waals surface area contributed by atoms with Gasteiger partial charge in [0.1, 0.15) is 0 Å². The number of aryl methyl sites for hydroxylation is 2. The fraction of sp³-hybridized carbons (Fsp3) is 0.600. The van der Waals surface area contributed by atoms with Crippen LogP contribution in [0.2, 0.25) is 0 Å². The third-order valence-corrected chi connectivity index (χ3v) is 5.06. The Morgan fingerprint density at radius 1 is 1.35 bits per heavy atom. The van der Waals surface area contributed by atoms with Crippen LogP contribution in [0.15, 0.2) is 10.6 Å². The van der Waals surface area contributed by atoms with Crippen molar-refractivity contribution in [3.8, 4) is 10.8 Å². The van der Waals surface area contributed by atoms with Gasteiger partial charge >= 0.3 is 0 Å². The Balaban J connectivity index is 1.83. The van der Waals surface area contributed by atoms with Gasteiger partial charge < -0.3 is 10.3 Å². The zero-order chi connectivity index (χ0) is 13.9. The zero-order valence-electron chi connectivity index (χ0n) is 11.9. The molecule has 0 fully saturated rings. The molecule has 0 aromatic carbocycles. The van der Waals surface area contributed by atoms with E-state index in [1.165, 1.54) is 42.5 Å². The van der Waals surface area contributed by atoms with Gasteiger partial charge in [-0.3, -0.25) is 0 Å². The maximum Gasteiger partial charge on any atom is 0.268 e. The van der Waals surface area contributed by atoms with E-state index in [0.717, 1.165) is 17.7 Å². The first kappa shape index (κ1) is 13.8. The summed E-state index contributed by atoms with van der Waals surface area (Å²) >= 11 is 1.80. The summed E-state index contributed by atoms with van der Waals surface area (Å²) in [4.78, 5) is 7.07. The molecule has 0 amide bonds. The van der Waals surface area contributed by atoms with Crippen LogP contribution in [0.25, 0.3) is 10.8 Å². The minimum atomic E-state index is -0.115. The number of fused-ring (bicyclic) bond motifs is 1. The molecule has 0 spiro atoms. The molecule has 0 bridgehead atoms. The summed E-state index contributed by atoms with van der Waals surface area (Å²) in [5, 5.41) is 4.03. The maximum absolute atomic E-state index is 6.03. The van der Waals surface area contributed by atoms with Gasteiger partial charge in [-0.1, -0.05) is 24.9 Å². The molecule has 5 heteroatoms. The van der Waals surface area contributed by atoms with Crippen molar-refractivity contribution < 1.29 is 4.52 Å². The van der Waals surface area contributed by atoms with Crippen molar-refractivity contribution in [2.75, 3.05) is 0 Å². The van der Waals surface area contributed by atoms with E-state index in [4.69, 9.17) is 10.3 Å². The lowest BCUT2D eigenvalue weighted by Crippen LogP contribution is -2.11. The summed E-state index contributed by atoms with van der Waals surface area (Å²) in [7, 11) is 0. The van der Waals surface area contributed by atoms with Gasteiger partial charge in [0.05, 0.1) is 10.9 Å². The van der Waals surface area contributed by atoms with Gasteiger partial charge in [-0.2, -0.15) is 4.98 Å². The Morgan fingerprint density at radius 2 is 2.20 bits per heavy atom. The third kappa shape index (κ3) is 2.79. The molecule has 108 valence electrons. The number of nitrogens with two attached hydrogens (primary N) is 1. The lowest BCUT2D eigenvalue weighted by molar-refractivity contribution is 0.414. The molecule has 0 radical (unpaired) electrons. The van der Waals surface area contributed by atoms with Crippen LogP contribution >= 0.6 is 11.3 Å². The second-order valence-electron chi connectivity index (χ2n) is 5.47. The Hall–Kier alpha value is -1.20. The highest BCUT2D eigenvalue weighted by atomic mass is 32.1. The zero-order valence-corrected chi connectivity index (χ0v) is 12.7. The first-order valence-corrected chi connectivity index (χ1v) is 8.30. The van der Waals surface area contributed by atoms with Gasteiger partial charge in [0, 0.05) is 4.88 Å². The van der Waals surface area contributed by atoms with Crippen LogP contribution in [0, 0.1) is 0 Å². The minimum absolute atomic E-state index is 0.115. The second kappa shape index (κ2) is 6.06. The first-order valence-electron chi connectivity index (χ1n) is 7.49. The number of thiophene rings is 1. The van der Waals surface area contributed by atoms with Gasteiger partial charge in [0.2, 0.25) is 0 Å². The molecule has 2 heterocycles. The average Bonchev–Trinajstić information content (AvgIpc) is 3.02. The molecule has 1 aliphatic carbocycles. The quantitative estimate of drug-likeness (QED) is 0.868. The van der Waals surface area contributed by atoms with Gasteiger partial charge in [-0.15, -0.1) is 11.3 Å². The lowest BCUT2D eigenvalue weighted by atomic mass is 10.1. The molecule has 0 saturated carbocycles. The van der Waals surface area contributed by atoms with E-state index in [2.05, 4.69) is 23.1 Å². The highest BCUT2D eigenvalue weighted by molar-refractivity contribution is 7.15. The van der Waals surface area contributed by atoms with Crippen LogP contribution in [-0.2, 0) is 12.8 Å². The predicted octanol–water partition coefficient (Wildman–Crippen LogP) is 3.87. The summed E-state index contributed by atoms with van der Waals surface area (Å²) < 4.78 is 5.40. The molecule has 1 unspecified atom stereocenters. The fourth-order valence-electron chi connectivity index (χ4n) is 2.70. The SMILES string of the molecule is CCCC(N)c1noc(-c2cc3c(s2)CCCCC3)n1. The van der Waals surface area contributed by atoms with Crippen molar-refractivity contribution in [1.82, 2.24) is 10.1 Å². The van der Waals surface area contributed by atoms with Gasteiger partial charge in [0.15, 0.2) is 5.82 Å². The number of rotatable bonds is 4. The van der Waals surface area contributed by atoms with E-state index in [1.54, 1.807) is 11.3 Å². The van der Waals surface area contributed by atoms with Crippen LogP contribution in [0.4, 0.5) is 0 Å². The number of hydrogen-bond donors (Lipinski definition) is 1. The summed E-state index contributed by atoms with van der Waals surface area (Å²) in [5.74, 6) is 1.26. The Bertz CT molecular complexity index is 552. The molecule has 4 nitrogen and oxygen atoms in total. The third-order valence-electron chi connectivity index (χ3n) is 3.83. The molecular weight excluding hydrogens is 270 g/mol. The molecule has 2 aromatic rings.